The monoisotopic (exact) mass is 188 g/mol. The summed E-state index contributed by atoms with van der Waals surface area (Å²) < 4.78 is 0. The molecule has 0 spiro atoms. The lowest BCUT2D eigenvalue weighted by atomic mass is 9.98. The molecular weight excluding hydrogens is 172 g/mol. The van der Waals surface area contributed by atoms with Crippen molar-refractivity contribution in [1.29, 1.82) is 0 Å². The molecule has 0 aromatic heterocycles. The first kappa shape index (κ1) is 9.28. The third-order valence-electron chi connectivity index (χ3n) is 2.97. The molecule has 14 heavy (non-hydrogen) atoms. The van der Waals surface area contributed by atoms with Crippen LogP contribution in [0.2, 0.25) is 0 Å². The molecule has 74 valence electrons. The number of anilines is 1. The van der Waals surface area contributed by atoms with E-state index in [0.29, 0.717) is 0 Å². The molecule has 0 fully saturated rings. The van der Waals surface area contributed by atoms with Crippen molar-refractivity contribution in [3.8, 4) is 0 Å². The predicted molar refractivity (Wildman–Crippen MR) is 60.0 cm³/mol. The first-order valence-electron chi connectivity index (χ1n) is 5.02. The molecule has 0 aliphatic heterocycles. The standard InChI is InChI=1S/C12H16N2/c1-2-11(13)10-7-6-8-4-3-5-9(8)12(10)14/h2,6-7,11H,1,3-5,13-14H2/t11-/m0/s1. The Morgan fingerprint density at radius 1 is 1.36 bits per heavy atom. The fourth-order valence-electron chi connectivity index (χ4n) is 2.13. The van der Waals surface area contributed by atoms with Crippen LogP contribution < -0.4 is 11.5 Å². The summed E-state index contributed by atoms with van der Waals surface area (Å²) in [7, 11) is 0. The number of rotatable bonds is 2. The third kappa shape index (κ3) is 1.32. The van der Waals surface area contributed by atoms with Crippen molar-refractivity contribution in [1.82, 2.24) is 0 Å². The summed E-state index contributed by atoms with van der Waals surface area (Å²) >= 11 is 0. The molecule has 1 aliphatic carbocycles. The second-order valence-electron chi connectivity index (χ2n) is 3.82. The number of hydrogen-bond acceptors (Lipinski definition) is 2. The van der Waals surface area contributed by atoms with Gasteiger partial charge in [0.05, 0.1) is 0 Å². The highest BCUT2D eigenvalue weighted by atomic mass is 14.7. The van der Waals surface area contributed by atoms with Crippen LogP contribution in [0, 0.1) is 0 Å². The van der Waals surface area contributed by atoms with Gasteiger partial charge in [0.25, 0.3) is 0 Å². The highest BCUT2D eigenvalue weighted by molar-refractivity contribution is 5.60. The Bertz CT molecular complexity index is 369. The average Bonchev–Trinajstić information content (AvgIpc) is 2.66. The van der Waals surface area contributed by atoms with Crippen molar-refractivity contribution < 1.29 is 0 Å². The molecule has 0 amide bonds. The Balaban J connectivity index is 2.49. The number of nitrogen functional groups attached to an aromatic ring is 1. The summed E-state index contributed by atoms with van der Waals surface area (Å²) in [5, 5.41) is 0. The summed E-state index contributed by atoms with van der Waals surface area (Å²) in [5.74, 6) is 0. The van der Waals surface area contributed by atoms with Crippen molar-refractivity contribution in [3.05, 3.63) is 41.5 Å². The number of aryl methyl sites for hydroxylation is 1. The van der Waals surface area contributed by atoms with Crippen LogP contribution in [0.4, 0.5) is 5.69 Å². The van der Waals surface area contributed by atoms with Crippen LogP contribution in [0.25, 0.3) is 0 Å². The van der Waals surface area contributed by atoms with Gasteiger partial charge in [-0.1, -0.05) is 18.2 Å². The zero-order chi connectivity index (χ0) is 10.1. The maximum absolute atomic E-state index is 6.08. The molecule has 1 aromatic rings. The fraction of sp³-hybridized carbons (Fsp3) is 0.333. The molecule has 0 heterocycles. The van der Waals surface area contributed by atoms with Crippen molar-refractivity contribution in [2.45, 2.75) is 25.3 Å². The minimum atomic E-state index is -0.138. The average molecular weight is 188 g/mol. The second kappa shape index (κ2) is 3.46. The van der Waals surface area contributed by atoms with Gasteiger partial charge in [0.1, 0.15) is 0 Å². The first-order valence-corrected chi connectivity index (χ1v) is 5.02. The number of hydrogen-bond donors (Lipinski definition) is 2. The van der Waals surface area contributed by atoms with Gasteiger partial charge >= 0.3 is 0 Å². The summed E-state index contributed by atoms with van der Waals surface area (Å²) in [4.78, 5) is 0. The van der Waals surface area contributed by atoms with E-state index in [1.54, 1.807) is 6.08 Å². The van der Waals surface area contributed by atoms with Crippen LogP contribution in [0.5, 0.6) is 0 Å². The maximum Gasteiger partial charge on any atom is 0.0499 e. The molecule has 2 rings (SSSR count). The van der Waals surface area contributed by atoms with E-state index in [1.807, 2.05) is 6.07 Å². The van der Waals surface area contributed by atoms with Gasteiger partial charge in [0.2, 0.25) is 0 Å². The van der Waals surface area contributed by atoms with E-state index in [2.05, 4.69) is 12.6 Å². The van der Waals surface area contributed by atoms with Crippen LogP contribution >= 0.6 is 0 Å². The highest BCUT2D eigenvalue weighted by Crippen LogP contribution is 2.32. The van der Waals surface area contributed by atoms with E-state index in [9.17, 15) is 0 Å². The molecule has 0 saturated heterocycles. The van der Waals surface area contributed by atoms with E-state index in [-0.39, 0.29) is 6.04 Å². The summed E-state index contributed by atoms with van der Waals surface area (Å²) in [6, 6.07) is 4.05. The van der Waals surface area contributed by atoms with Crippen LogP contribution in [0.1, 0.15) is 29.2 Å². The van der Waals surface area contributed by atoms with Crippen LogP contribution in [-0.4, -0.2) is 0 Å². The van der Waals surface area contributed by atoms with Gasteiger partial charge in [-0.25, -0.2) is 0 Å². The van der Waals surface area contributed by atoms with Crippen LogP contribution in [-0.2, 0) is 12.8 Å². The Kier molecular flexibility index (Phi) is 2.30. The van der Waals surface area contributed by atoms with E-state index in [0.717, 1.165) is 24.1 Å². The zero-order valence-electron chi connectivity index (χ0n) is 8.29. The van der Waals surface area contributed by atoms with E-state index >= 15 is 0 Å². The van der Waals surface area contributed by atoms with Gasteiger partial charge in [-0.3, -0.25) is 0 Å². The number of benzene rings is 1. The zero-order valence-corrected chi connectivity index (χ0v) is 8.29. The summed E-state index contributed by atoms with van der Waals surface area (Å²) in [6.45, 7) is 3.69. The van der Waals surface area contributed by atoms with Gasteiger partial charge in [0, 0.05) is 11.7 Å². The molecule has 2 nitrogen and oxygen atoms in total. The molecular formula is C12H16N2. The second-order valence-corrected chi connectivity index (χ2v) is 3.82. The molecule has 0 radical (unpaired) electrons. The first-order chi connectivity index (χ1) is 6.74. The lowest BCUT2D eigenvalue weighted by Gasteiger charge is -2.13. The molecule has 1 aliphatic rings. The smallest absolute Gasteiger partial charge is 0.0499 e. The van der Waals surface area contributed by atoms with E-state index in [1.165, 1.54) is 17.5 Å². The number of nitrogens with two attached hydrogens (primary N) is 2. The predicted octanol–water partition coefficient (Wildman–Crippen LogP) is 1.94. The Morgan fingerprint density at radius 3 is 2.86 bits per heavy atom. The molecule has 1 aromatic carbocycles. The van der Waals surface area contributed by atoms with Gasteiger partial charge in [-0.15, -0.1) is 6.58 Å². The van der Waals surface area contributed by atoms with Crippen LogP contribution in [0.15, 0.2) is 24.8 Å². The largest absolute Gasteiger partial charge is 0.398 e. The molecule has 2 heteroatoms. The van der Waals surface area contributed by atoms with Crippen molar-refractivity contribution in [2.75, 3.05) is 5.73 Å². The Morgan fingerprint density at radius 2 is 2.14 bits per heavy atom. The Labute approximate surface area is 84.6 Å². The molecule has 0 saturated carbocycles. The molecule has 4 N–H and O–H groups in total. The summed E-state index contributed by atoms with van der Waals surface area (Å²) in [6.07, 6.45) is 5.20. The third-order valence-corrected chi connectivity index (χ3v) is 2.97. The Hall–Kier alpha value is -1.28. The van der Waals surface area contributed by atoms with Crippen LogP contribution in [0.3, 0.4) is 0 Å². The van der Waals surface area contributed by atoms with Gasteiger partial charge in [-0.2, -0.15) is 0 Å². The van der Waals surface area contributed by atoms with Gasteiger partial charge in [-0.05, 0) is 36.0 Å². The van der Waals surface area contributed by atoms with Gasteiger partial charge < -0.3 is 11.5 Å². The summed E-state index contributed by atoms with van der Waals surface area (Å²) in [5.41, 5.74) is 16.6. The normalized spacial score (nSPS) is 16.4. The van der Waals surface area contributed by atoms with Crippen molar-refractivity contribution >= 4 is 5.69 Å². The highest BCUT2D eigenvalue weighted by Gasteiger charge is 2.17. The molecule has 0 bridgehead atoms. The van der Waals surface area contributed by atoms with Crippen molar-refractivity contribution in [3.63, 3.8) is 0 Å². The van der Waals surface area contributed by atoms with E-state index < -0.39 is 0 Å². The minimum Gasteiger partial charge on any atom is -0.398 e. The minimum absolute atomic E-state index is 0.138. The fourth-order valence-corrected chi connectivity index (χ4v) is 2.13. The van der Waals surface area contributed by atoms with E-state index in [4.69, 9.17) is 11.5 Å². The topological polar surface area (TPSA) is 52.0 Å². The molecule has 0 unspecified atom stereocenters. The SMILES string of the molecule is C=C[C@H](N)c1ccc2c(c1N)CCC2. The number of fused-ring (bicyclic) bond motifs is 1. The quantitative estimate of drug-likeness (QED) is 0.550. The lowest BCUT2D eigenvalue weighted by Crippen LogP contribution is -2.11. The lowest BCUT2D eigenvalue weighted by molar-refractivity contribution is 0.905. The molecule has 1 atom stereocenters. The van der Waals surface area contributed by atoms with Gasteiger partial charge in [0.15, 0.2) is 0 Å². The van der Waals surface area contributed by atoms with Crippen molar-refractivity contribution in [2.24, 2.45) is 5.73 Å². The maximum atomic E-state index is 6.08.